The molecule has 174 valence electrons. The van der Waals surface area contributed by atoms with Gasteiger partial charge < -0.3 is 14.8 Å². The fraction of sp³-hybridized carbons (Fsp3) is 0.417. The summed E-state index contributed by atoms with van der Waals surface area (Å²) in [6.45, 7) is 0.107. The number of pyridine rings is 1. The van der Waals surface area contributed by atoms with Crippen LogP contribution in [0, 0.1) is 29.0 Å². The number of hydrogen-bond donors (Lipinski definition) is 1. The third-order valence-corrected chi connectivity index (χ3v) is 8.71. The molecule has 4 heterocycles. The number of carbonyl (C=O) groups excluding carboxylic acids is 2. The highest BCUT2D eigenvalue weighted by Gasteiger charge is 2.69. The normalized spacial score (nSPS) is 30.1. The Morgan fingerprint density at radius 1 is 1.41 bits per heavy atom. The Morgan fingerprint density at radius 3 is 2.88 bits per heavy atom. The number of alkyl carbamates (subject to hydrolysis) is 1. The Bertz CT molecular complexity index is 1240. The largest absolute Gasteiger partial charge is 0.453 e. The van der Waals surface area contributed by atoms with E-state index in [1.165, 1.54) is 18.1 Å². The minimum Gasteiger partial charge on any atom is -0.453 e. The highest BCUT2D eigenvalue weighted by Crippen LogP contribution is 2.65. The molecule has 0 bridgehead atoms. The summed E-state index contributed by atoms with van der Waals surface area (Å²) in [5.74, 6) is 2.21. The van der Waals surface area contributed by atoms with Crippen LogP contribution in [-0.2, 0) is 21.3 Å². The minimum absolute atomic E-state index is 0.107. The molecule has 1 aliphatic carbocycles. The number of thioether (sulfide) groups is 1. The van der Waals surface area contributed by atoms with Crippen molar-refractivity contribution in [3.05, 3.63) is 47.5 Å². The van der Waals surface area contributed by atoms with Gasteiger partial charge in [-0.2, -0.15) is 17.0 Å². The van der Waals surface area contributed by atoms with Gasteiger partial charge in [0.05, 0.1) is 37.1 Å². The summed E-state index contributed by atoms with van der Waals surface area (Å²) in [4.78, 5) is 29.9. The maximum absolute atomic E-state index is 15.2. The van der Waals surface area contributed by atoms with Gasteiger partial charge in [0.1, 0.15) is 17.3 Å². The lowest BCUT2D eigenvalue weighted by molar-refractivity contribution is 0.123. The van der Waals surface area contributed by atoms with E-state index in [2.05, 4.69) is 21.1 Å². The molecule has 8 nitrogen and oxygen atoms in total. The number of benzene rings is 1. The Labute approximate surface area is 199 Å². The summed E-state index contributed by atoms with van der Waals surface area (Å²) in [6, 6.07) is 8.93. The molecule has 1 aromatic heterocycles. The van der Waals surface area contributed by atoms with E-state index in [1.54, 1.807) is 12.3 Å². The number of methoxy groups -OCH3 is 1. The van der Waals surface area contributed by atoms with E-state index in [9.17, 15) is 14.9 Å². The van der Waals surface area contributed by atoms with Crippen LogP contribution in [0.15, 0.2) is 30.5 Å². The average Bonchev–Trinajstić information content (AvgIpc) is 3.23. The van der Waals surface area contributed by atoms with E-state index >= 15 is 4.39 Å². The number of cyclic esters (lactones) is 1. The second-order valence-corrected chi connectivity index (χ2v) is 10.1. The van der Waals surface area contributed by atoms with Gasteiger partial charge in [-0.15, -0.1) is 0 Å². The molecule has 2 aromatic rings. The standard InChI is InChI=1S/C24H21FN4O4S/c1-32-22(30)28-8-20-19-5-13-4-14(17(25)6-18(13)29(19)23(31)33-20)12-2-3-21(27-7-12)24(11-26)15-9-34-10-16(15)24/h2-4,6-7,15-16,19-20H,5,8-10H2,1H3,(H,28,30)/t15-,16+,19-,20-,24+/m0/s1. The maximum atomic E-state index is 15.2. The van der Waals surface area contributed by atoms with E-state index in [1.807, 2.05) is 23.9 Å². The molecule has 10 heteroatoms. The molecule has 2 saturated heterocycles. The Morgan fingerprint density at radius 2 is 2.21 bits per heavy atom. The summed E-state index contributed by atoms with van der Waals surface area (Å²) in [6.07, 6.45) is 0.374. The van der Waals surface area contributed by atoms with Gasteiger partial charge in [-0.3, -0.25) is 9.88 Å². The van der Waals surface area contributed by atoms with Crippen molar-refractivity contribution in [3.63, 3.8) is 0 Å². The minimum atomic E-state index is -0.610. The van der Waals surface area contributed by atoms with Crippen molar-refractivity contribution in [1.29, 1.82) is 5.26 Å². The molecule has 34 heavy (non-hydrogen) atoms. The number of aromatic nitrogens is 1. The van der Waals surface area contributed by atoms with Crippen LogP contribution < -0.4 is 10.2 Å². The first-order valence-corrected chi connectivity index (χ1v) is 12.2. The van der Waals surface area contributed by atoms with Gasteiger partial charge in [-0.1, -0.05) is 6.07 Å². The Balaban J connectivity index is 1.26. The quantitative estimate of drug-likeness (QED) is 0.716. The van der Waals surface area contributed by atoms with Gasteiger partial charge in [0.2, 0.25) is 0 Å². The van der Waals surface area contributed by atoms with Gasteiger partial charge in [0.15, 0.2) is 0 Å². The summed E-state index contributed by atoms with van der Waals surface area (Å²) in [7, 11) is 1.26. The van der Waals surface area contributed by atoms with Gasteiger partial charge in [-0.25, -0.2) is 14.0 Å². The fourth-order valence-electron chi connectivity index (χ4n) is 5.70. The Hall–Kier alpha value is -3.32. The molecule has 0 spiro atoms. The zero-order valence-corrected chi connectivity index (χ0v) is 19.1. The van der Waals surface area contributed by atoms with Crippen molar-refractivity contribution < 1.29 is 23.5 Å². The zero-order chi connectivity index (χ0) is 23.6. The van der Waals surface area contributed by atoms with Crippen molar-refractivity contribution in [2.45, 2.75) is 24.0 Å². The summed E-state index contributed by atoms with van der Waals surface area (Å²) in [5, 5.41) is 12.4. The third kappa shape index (κ3) is 2.92. The SMILES string of the molecule is COC(=O)NC[C@@H]1OC(=O)N2c3cc(F)c(-c4ccc([C@@]5(C#N)[C@@H]6CSC[C@@H]65)nc4)cc3C[C@@H]12. The number of hydrogen-bond acceptors (Lipinski definition) is 7. The fourth-order valence-corrected chi connectivity index (χ4v) is 7.33. The van der Waals surface area contributed by atoms with Crippen molar-refractivity contribution in [3.8, 4) is 17.2 Å². The van der Waals surface area contributed by atoms with Crippen LogP contribution in [-0.4, -0.2) is 54.5 Å². The molecule has 5 atom stereocenters. The number of carbonyl (C=O) groups is 2. The zero-order valence-electron chi connectivity index (χ0n) is 18.3. The van der Waals surface area contributed by atoms with Crippen LogP contribution >= 0.6 is 11.8 Å². The predicted molar refractivity (Wildman–Crippen MR) is 122 cm³/mol. The lowest BCUT2D eigenvalue weighted by Gasteiger charge is -2.16. The third-order valence-electron chi connectivity index (χ3n) is 7.52. The number of nitriles is 1. The molecule has 1 aromatic carbocycles. The Kier molecular flexibility index (Phi) is 4.74. The van der Waals surface area contributed by atoms with E-state index < -0.39 is 29.5 Å². The van der Waals surface area contributed by atoms with E-state index in [4.69, 9.17) is 4.74 Å². The van der Waals surface area contributed by atoms with Crippen molar-refractivity contribution in [2.75, 3.05) is 30.1 Å². The number of anilines is 1. The topological polar surface area (TPSA) is 105 Å². The van der Waals surface area contributed by atoms with Crippen LogP contribution in [0.4, 0.5) is 19.7 Å². The van der Waals surface area contributed by atoms with Crippen LogP contribution in [0.2, 0.25) is 0 Å². The number of rotatable bonds is 4. The average molecular weight is 481 g/mol. The van der Waals surface area contributed by atoms with Crippen LogP contribution in [0.5, 0.6) is 0 Å². The molecule has 1 saturated carbocycles. The van der Waals surface area contributed by atoms with Crippen LogP contribution in [0.3, 0.4) is 0 Å². The van der Waals surface area contributed by atoms with Crippen molar-refractivity contribution >= 4 is 29.6 Å². The molecular formula is C24H21FN4O4S. The van der Waals surface area contributed by atoms with Gasteiger partial charge in [-0.05, 0) is 53.5 Å². The molecule has 0 unspecified atom stereocenters. The van der Waals surface area contributed by atoms with Crippen LogP contribution in [0.25, 0.3) is 11.1 Å². The molecule has 2 amide bonds. The summed E-state index contributed by atoms with van der Waals surface area (Å²) < 4.78 is 25.1. The smallest absolute Gasteiger partial charge is 0.415 e. The highest BCUT2D eigenvalue weighted by molar-refractivity contribution is 7.99. The number of nitrogens with one attached hydrogen (secondary N) is 1. The van der Waals surface area contributed by atoms with Crippen molar-refractivity contribution in [2.24, 2.45) is 11.8 Å². The molecule has 4 aliphatic rings. The van der Waals surface area contributed by atoms with Crippen molar-refractivity contribution in [1.82, 2.24) is 10.3 Å². The summed E-state index contributed by atoms with van der Waals surface area (Å²) >= 11 is 1.88. The first kappa shape index (κ1) is 21.2. The number of halogens is 1. The molecule has 1 N–H and O–H groups in total. The second-order valence-electron chi connectivity index (χ2n) is 9.06. The molecule has 3 aliphatic heterocycles. The van der Waals surface area contributed by atoms with Gasteiger partial charge in [0, 0.05) is 17.3 Å². The lowest BCUT2D eigenvalue weighted by atomic mass is 9.96. The summed E-state index contributed by atoms with van der Waals surface area (Å²) in [5.41, 5.74) is 2.59. The number of nitrogens with zero attached hydrogens (tertiary/aromatic N) is 3. The predicted octanol–water partition coefficient (Wildman–Crippen LogP) is 3.25. The number of fused-ring (bicyclic) bond motifs is 4. The molecule has 6 rings (SSSR count). The van der Waals surface area contributed by atoms with E-state index in [-0.39, 0.29) is 12.6 Å². The monoisotopic (exact) mass is 480 g/mol. The number of amides is 2. The lowest BCUT2D eigenvalue weighted by Crippen LogP contribution is -2.40. The molecule has 3 fully saturated rings. The maximum Gasteiger partial charge on any atom is 0.415 e. The second kappa shape index (κ2) is 7.60. The molecule has 0 radical (unpaired) electrons. The van der Waals surface area contributed by atoms with Gasteiger partial charge >= 0.3 is 12.2 Å². The van der Waals surface area contributed by atoms with Crippen LogP contribution in [0.1, 0.15) is 11.3 Å². The first-order chi connectivity index (χ1) is 16.5. The number of ether oxygens (including phenoxy) is 2. The first-order valence-electron chi connectivity index (χ1n) is 11.1. The highest BCUT2D eigenvalue weighted by atomic mass is 32.2. The molecular weight excluding hydrogens is 459 g/mol. The van der Waals surface area contributed by atoms with E-state index in [0.29, 0.717) is 35.1 Å². The van der Waals surface area contributed by atoms with Gasteiger partial charge in [0.25, 0.3) is 0 Å². The van der Waals surface area contributed by atoms with E-state index in [0.717, 1.165) is 22.8 Å².